The van der Waals surface area contributed by atoms with Crippen LogP contribution >= 0.6 is 0 Å². The van der Waals surface area contributed by atoms with Gasteiger partial charge in [-0.25, -0.2) is 0 Å². The number of hydrogen-bond acceptors (Lipinski definition) is 6. The van der Waals surface area contributed by atoms with Crippen LogP contribution in [0.3, 0.4) is 0 Å². The second kappa shape index (κ2) is 10.0. The van der Waals surface area contributed by atoms with E-state index < -0.39 is 23.9 Å². The molecule has 0 aliphatic rings. The third-order valence-electron chi connectivity index (χ3n) is 4.03. The molecule has 0 spiro atoms. The minimum Gasteiger partial charge on any atom is -0.496 e. The SMILES string of the molecule is COc1ccc(C(C)=O)cc1CC(=O)O[C@@H](C)C(=O)NNC(=O)c1ccccc1. The Balaban J connectivity index is 1.91. The van der Waals surface area contributed by atoms with E-state index in [0.717, 1.165) is 0 Å². The summed E-state index contributed by atoms with van der Waals surface area (Å²) in [4.78, 5) is 47.7. The van der Waals surface area contributed by atoms with Crippen LogP contribution in [-0.4, -0.2) is 36.8 Å². The van der Waals surface area contributed by atoms with Gasteiger partial charge in [0, 0.05) is 16.7 Å². The summed E-state index contributed by atoms with van der Waals surface area (Å²) in [6.45, 7) is 2.80. The van der Waals surface area contributed by atoms with Crippen molar-refractivity contribution < 1.29 is 28.7 Å². The van der Waals surface area contributed by atoms with E-state index in [9.17, 15) is 19.2 Å². The number of amides is 2. The molecule has 0 unspecified atom stereocenters. The minimum atomic E-state index is -1.14. The summed E-state index contributed by atoms with van der Waals surface area (Å²) in [5.74, 6) is -1.58. The summed E-state index contributed by atoms with van der Waals surface area (Å²) in [7, 11) is 1.45. The average Bonchev–Trinajstić information content (AvgIpc) is 2.72. The van der Waals surface area contributed by atoms with Gasteiger partial charge in [-0.1, -0.05) is 18.2 Å². The fourth-order valence-electron chi connectivity index (χ4n) is 2.47. The van der Waals surface area contributed by atoms with Gasteiger partial charge in [0.2, 0.25) is 0 Å². The Hall–Kier alpha value is -3.68. The molecular weight excluding hydrogens is 376 g/mol. The Kier molecular flexibility index (Phi) is 7.47. The zero-order valence-corrected chi connectivity index (χ0v) is 16.4. The van der Waals surface area contributed by atoms with Gasteiger partial charge in [0.25, 0.3) is 11.8 Å². The summed E-state index contributed by atoms with van der Waals surface area (Å²) in [6, 6.07) is 13.1. The molecule has 152 valence electrons. The number of ether oxygens (including phenoxy) is 2. The second-order valence-corrected chi connectivity index (χ2v) is 6.20. The van der Waals surface area contributed by atoms with E-state index in [1.165, 1.54) is 21.0 Å². The first kappa shape index (κ1) is 21.6. The number of ketones is 1. The Labute approximate surface area is 168 Å². The molecule has 0 bridgehead atoms. The maximum atomic E-state index is 12.2. The highest BCUT2D eigenvalue weighted by atomic mass is 16.5. The lowest BCUT2D eigenvalue weighted by molar-refractivity contribution is -0.154. The van der Waals surface area contributed by atoms with Crippen LogP contribution in [0, 0.1) is 0 Å². The molecule has 2 amide bonds. The molecule has 0 saturated heterocycles. The number of hydrazine groups is 1. The molecule has 2 N–H and O–H groups in total. The van der Waals surface area contributed by atoms with Crippen LogP contribution in [-0.2, 0) is 20.7 Å². The van der Waals surface area contributed by atoms with Gasteiger partial charge in [0.1, 0.15) is 5.75 Å². The first-order chi connectivity index (χ1) is 13.8. The third-order valence-corrected chi connectivity index (χ3v) is 4.03. The Morgan fingerprint density at radius 2 is 1.66 bits per heavy atom. The molecule has 0 saturated carbocycles. The topological polar surface area (TPSA) is 111 Å². The van der Waals surface area contributed by atoms with E-state index in [1.54, 1.807) is 48.5 Å². The number of hydrogen-bond donors (Lipinski definition) is 2. The van der Waals surface area contributed by atoms with Gasteiger partial charge < -0.3 is 9.47 Å². The van der Waals surface area contributed by atoms with Crippen LogP contribution in [0.2, 0.25) is 0 Å². The zero-order chi connectivity index (χ0) is 21.4. The van der Waals surface area contributed by atoms with Crippen LogP contribution in [0.15, 0.2) is 48.5 Å². The second-order valence-electron chi connectivity index (χ2n) is 6.20. The van der Waals surface area contributed by atoms with E-state index >= 15 is 0 Å². The highest BCUT2D eigenvalue weighted by Crippen LogP contribution is 2.21. The maximum Gasteiger partial charge on any atom is 0.311 e. The molecule has 0 aliphatic carbocycles. The fourth-order valence-corrected chi connectivity index (χ4v) is 2.47. The summed E-state index contributed by atoms with van der Waals surface area (Å²) in [5.41, 5.74) is 5.74. The van der Waals surface area contributed by atoms with Crippen molar-refractivity contribution >= 4 is 23.6 Å². The van der Waals surface area contributed by atoms with E-state index in [-0.39, 0.29) is 12.2 Å². The maximum absolute atomic E-state index is 12.2. The molecule has 2 aromatic carbocycles. The van der Waals surface area contributed by atoms with Gasteiger partial charge in [0.05, 0.1) is 13.5 Å². The minimum absolute atomic E-state index is 0.149. The number of methoxy groups -OCH3 is 1. The van der Waals surface area contributed by atoms with Crippen molar-refractivity contribution in [3.05, 3.63) is 65.2 Å². The van der Waals surface area contributed by atoms with Gasteiger partial charge in [-0.05, 0) is 44.2 Å². The third kappa shape index (κ3) is 6.17. The molecule has 0 radical (unpaired) electrons. The molecule has 8 heteroatoms. The highest BCUT2D eigenvalue weighted by molar-refractivity contribution is 5.96. The van der Waals surface area contributed by atoms with Crippen LogP contribution in [0.4, 0.5) is 0 Å². The Morgan fingerprint density at radius 3 is 2.28 bits per heavy atom. The number of rotatable bonds is 7. The number of carbonyl (C=O) groups excluding carboxylic acids is 4. The number of nitrogens with one attached hydrogen (secondary N) is 2. The van der Waals surface area contributed by atoms with Crippen molar-refractivity contribution in [2.45, 2.75) is 26.4 Å². The molecule has 29 heavy (non-hydrogen) atoms. The normalized spacial score (nSPS) is 11.1. The summed E-state index contributed by atoms with van der Waals surface area (Å²) in [5, 5.41) is 0. The number of benzene rings is 2. The molecule has 0 heterocycles. The Bertz CT molecular complexity index is 911. The molecule has 0 aromatic heterocycles. The number of Topliss-reactive ketones (excluding diaryl/α,β-unsaturated/α-hetero) is 1. The van der Waals surface area contributed by atoms with Crippen molar-refractivity contribution in [2.24, 2.45) is 0 Å². The zero-order valence-electron chi connectivity index (χ0n) is 16.4. The standard InChI is InChI=1S/C21H22N2O6/c1-13(24)16-9-10-18(28-3)17(11-16)12-19(25)29-14(2)20(26)22-23-21(27)15-7-5-4-6-8-15/h4-11,14H,12H2,1-3H3,(H,22,26)(H,23,27)/t14-/m0/s1. The lowest BCUT2D eigenvalue weighted by atomic mass is 10.0. The number of carbonyl (C=O) groups is 4. The van der Waals surface area contributed by atoms with Crippen molar-refractivity contribution in [3.63, 3.8) is 0 Å². The summed E-state index contributed by atoms with van der Waals surface area (Å²) >= 11 is 0. The van der Waals surface area contributed by atoms with E-state index in [0.29, 0.717) is 22.4 Å². The molecule has 0 aliphatic heterocycles. The quantitative estimate of drug-likeness (QED) is 0.418. The monoisotopic (exact) mass is 398 g/mol. The van der Waals surface area contributed by atoms with Crippen molar-refractivity contribution in [3.8, 4) is 5.75 Å². The molecule has 0 fully saturated rings. The van der Waals surface area contributed by atoms with Crippen LogP contribution < -0.4 is 15.6 Å². The summed E-state index contributed by atoms with van der Waals surface area (Å²) < 4.78 is 10.3. The number of esters is 1. The van der Waals surface area contributed by atoms with Gasteiger partial charge in [-0.3, -0.25) is 30.0 Å². The summed E-state index contributed by atoms with van der Waals surface area (Å²) in [6.07, 6.45) is -1.32. The van der Waals surface area contributed by atoms with Gasteiger partial charge in [-0.2, -0.15) is 0 Å². The van der Waals surface area contributed by atoms with E-state index in [1.807, 2.05) is 0 Å². The van der Waals surface area contributed by atoms with Crippen molar-refractivity contribution in [2.75, 3.05) is 7.11 Å². The first-order valence-corrected chi connectivity index (χ1v) is 8.84. The van der Waals surface area contributed by atoms with Crippen molar-refractivity contribution in [1.82, 2.24) is 10.9 Å². The molecule has 1 atom stereocenters. The lowest BCUT2D eigenvalue weighted by Crippen LogP contribution is -2.46. The van der Waals surface area contributed by atoms with E-state index in [2.05, 4.69) is 10.9 Å². The van der Waals surface area contributed by atoms with Crippen LogP contribution in [0.25, 0.3) is 0 Å². The molecule has 2 aromatic rings. The van der Waals surface area contributed by atoms with Crippen molar-refractivity contribution in [1.29, 1.82) is 0 Å². The lowest BCUT2D eigenvalue weighted by Gasteiger charge is -2.15. The molecule has 8 nitrogen and oxygen atoms in total. The smallest absolute Gasteiger partial charge is 0.311 e. The Morgan fingerprint density at radius 1 is 0.966 bits per heavy atom. The van der Waals surface area contributed by atoms with E-state index in [4.69, 9.17) is 9.47 Å². The molecular formula is C21H22N2O6. The van der Waals surface area contributed by atoms with Crippen LogP contribution in [0.5, 0.6) is 5.75 Å². The molecule has 2 rings (SSSR count). The van der Waals surface area contributed by atoms with Crippen LogP contribution in [0.1, 0.15) is 40.1 Å². The highest BCUT2D eigenvalue weighted by Gasteiger charge is 2.20. The van der Waals surface area contributed by atoms with Gasteiger partial charge in [0.15, 0.2) is 11.9 Å². The first-order valence-electron chi connectivity index (χ1n) is 8.84. The fraction of sp³-hybridized carbons (Fsp3) is 0.238. The van der Waals surface area contributed by atoms with Gasteiger partial charge >= 0.3 is 5.97 Å². The van der Waals surface area contributed by atoms with Gasteiger partial charge in [-0.15, -0.1) is 0 Å². The predicted molar refractivity (Wildman–Crippen MR) is 104 cm³/mol. The largest absolute Gasteiger partial charge is 0.496 e. The predicted octanol–water partition coefficient (Wildman–Crippen LogP) is 1.83. The average molecular weight is 398 g/mol.